The van der Waals surface area contributed by atoms with Gasteiger partial charge in [0.2, 0.25) is 0 Å². The zero-order valence-corrected chi connectivity index (χ0v) is 21.4. The molecule has 1 aliphatic carbocycles. The maximum atomic E-state index is 5.71. The number of nitrogens with zero attached hydrogens (tertiary/aromatic N) is 7. The van der Waals surface area contributed by atoms with Crippen molar-refractivity contribution >= 4 is 11.5 Å². The van der Waals surface area contributed by atoms with E-state index >= 15 is 0 Å². The zero-order chi connectivity index (χ0) is 24.7. The van der Waals surface area contributed by atoms with Crippen LogP contribution < -0.4 is 15.1 Å². The molecule has 3 aromatic rings. The van der Waals surface area contributed by atoms with E-state index in [1.54, 1.807) is 0 Å². The fourth-order valence-electron chi connectivity index (χ4n) is 5.90. The molecule has 7 rings (SSSR count). The second-order valence-electron chi connectivity index (χ2n) is 11.2. The van der Waals surface area contributed by atoms with Crippen molar-refractivity contribution in [2.75, 3.05) is 55.7 Å². The molecule has 1 atom stereocenters. The van der Waals surface area contributed by atoms with E-state index in [-0.39, 0.29) is 5.54 Å². The Balaban J connectivity index is 1.08. The molecule has 37 heavy (non-hydrogen) atoms. The van der Waals surface area contributed by atoms with Crippen molar-refractivity contribution in [3.8, 4) is 11.3 Å². The van der Waals surface area contributed by atoms with Crippen molar-refractivity contribution in [3.63, 3.8) is 0 Å². The molecule has 3 saturated heterocycles. The minimum absolute atomic E-state index is 0.368. The molecule has 4 fully saturated rings. The van der Waals surface area contributed by atoms with Crippen molar-refractivity contribution in [2.24, 2.45) is 5.92 Å². The van der Waals surface area contributed by atoms with Crippen LogP contribution in [0.3, 0.4) is 0 Å². The first kappa shape index (κ1) is 23.1. The van der Waals surface area contributed by atoms with Gasteiger partial charge in [-0.25, -0.2) is 9.67 Å². The van der Waals surface area contributed by atoms with Crippen LogP contribution in [0.15, 0.2) is 43.0 Å². The van der Waals surface area contributed by atoms with E-state index in [4.69, 9.17) is 9.72 Å². The number of hydrogen-bond acceptors (Lipinski definition) is 8. The van der Waals surface area contributed by atoms with Gasteiger partial charge in [0.15, 0.2) is 0 Å². The standard InChI is InChI=1S/C28H36N8O/c1-2-10-34(9-1)25-12-22(14-29-16-25)26-18-36(33-32-26)28(19-37-20-28)23-7-8-27(31-15-23)35-11-3-4-24(17-35)30-13-21-5-6-21/h7-8,12,14-16,18,21,24,30H,1-6,9-11,13,17,19-20H2/t24-/m1/s1. The number of piperidine rings is 1. The van der Waals surface area contributed by atoms with Crippen molar-refractivity contribution < 1.29 is 4.74 Å². The van der Waals surface area contributed by atoms with Gasteiger partial charge in [-0.1, -0.05) is 11.3 Å². The Bertz CT molecular complexity index is 1210. The summed E-state index contributed by atoms with van der Waals surface area (Å²) in [4.78, 5) is 14.2. The Hall–Kier alpha value is -3.04. The molecule has 0 unspecified atom stereocenters. The van der Waals surface area contributed by atoms with E-state index in [1.165, 1.54) is 45.1 Å². The van der Waals surface area contributed by atoms with Crippen molar-refractivity contribution in [1.29, 1.82) is 0 Å². The first-order chi connectivity index (χ1) is 18.3. The summed E-state index contributed by atoms with van der Waals surface area (Å²) in [5.41, 5.74) is 3.74. The molecule has 1 saturated carbocycles. The summed E-state index contributed by atoms with van der Waals surface area (Å²) in [6.45, 7) is 6.60. The second kappa shape index (κ2) is 9.68. The molecular formula is C28H36N8O. The van der Waals surface area contributed by atoms with Gasteiger partial charge in [0, 0.05) is 55.7 Å². The number of pyridine rings is 2. The Kier molecular flexibility index (Phi) is 6.05. The highest BCUT2D eigenvalue weighted by molar-refractivity contribution is 5.63. The van der Waals surface area contributed by atoms with Crippen LogP contribution in [0.2, 0.25) is 0 Å². The molecule has 3 aliphatic heterocycles. The molecule has 3 aromatic heterocycles. The largest absolute Gasteiger partial charge is 0.375 e. The van der Waals surface area contributed by atoms with E-state index in [9.17, 15) is 0 Å². The van der Waals surface area contributed by atoms with Crippen LogP contribution in [-0.2, 0) is 10.3 Å². The first-order valence-corrected chi connectivity index (χ1v) is 13.9. The highest BCUT2D eigenvalue weighted by atomic mass is 16.5. The Morgan fingerprint density at radius 3 is 2.59 bits per heavy atom. The highest BCUT2D eigenvalue weighted by Crippen LogP contribution is 2.35. The minimum Gasteiger partial charge on any atom is -0.375 e. The van der Waals surface area contributed by atoms with E-state index < -0.39 is 0 Å². The lowest BCUT2D eigenvalue weighted by Gasteiger charge is -2.41. The third kappa shape index (κ3) is 4.59. The lowest BCUT2D eigenvalue weighted by atomic mass is 9.89. The molecule has 9 heteroatoms. The third-order valence-electron chi connectivity index (χ3n) is 8.53. The second-order valence-corrected chi connectivity index (χ2v) is 11.2. The van der Waals surface area contributed by atoms with Gasteiger partial charge in [-0.2, -0.15) is 0 Å². The topological polar surface area (TPSA) is 84.2 Å². The Morgan fingerprint density at radius 1 is 0.973 bits per heavy atom. The van der Waals surface area contributed by atoms with E-state index in [1.807, 2.05) is 29.5 Å². The zero-order valence-electron chi connectivity index (χ0n) is 21.4. The van der Waals surface area contributed by atoms with Gasteiger partial charge in [-0.05, 0) is 63.1 Å². The van der Waals surface area contributed by atoms with Gasteiger partial charge in [-0.3, -0.25) is 4.98 Å². The smallest absolute Gasteiger partial charge is 0.137 e. The summed E-state index contributed by atoms with van der Waals surface area (Å²) in [7, 11) is 0. The lowest BCUT2D eigenvalue weighted by Crippen LogP contribution is -2.53. The van der Waals surface area contributed by atoms with Gasteiger partial charge in [-0.15, -0.1) is 5.10 Å². The SMILES string of the molecule is c1ncc(N2CCCC2)cc1-c1cn(C2(c3ccc(N4CCC[C@@H](NCC5CC5)C4)nc3)COC2)nn1. The maximum absolute atomic E-state index is 5.71. The summed E-state index contributed by atoms with van der Waals surface area (Å²) in [6, 6.07) is 7.11. The summed E-state index contributed by atoms with van der Waals surface area (Å²) < 4.78 is 7.67. The predicted molar refractivity (Wildman–Crippen MR) is 143 cm³/mol. The molecule has 9 nitrogen and oxygen atoms in total. The molecule has 0 aromatic carbocycles. The third-order valence-corrected chi connectivity index (χ3v) is 8.53. The van der Waals surface area contributed by atoms with Crippen molar-refractivity contribution in [1.82, 2.24) is 30.3 Å². The predicted octanol–water partition coefficient (Wildman–Crippen LogP) is 3.08. The Labute approximate surface area is 218 Å². The van der Waals surface area contributed by atoms with Gasteiger partial charge in [0.1, 0.15) is 17.1 Å². The van der Waals surface area contributed by atoms with Crippen LogP contribution in [0, 0.1) is 5.92 Å². The number of nitrogens with one attached hydrogen (secondary N) is 1. The maximum Gasteiger partial charge on any atom is 0.137 e. The van der Waals surface area contributed by atoms with E-state index in [2.05, 4.69) is 48.6 Å². The quantitative estimate of drug-likeness (QED) is 0.505. The average molecular weight is 501 g/mol. The molecule has 0 radical (unpaired) electrons. The molecule has 0 spiro atoms. The summed E-state index contributed by atoms with van der Waals surface area (Å²) in [5, 5.41) is 12.9. The van der Waals surface area contributed by atoms with Gasteiger partial charge in [0.25, 0.3) is 0 Å². The monoisotopic (exact) mass is 500 g/mol. The summed E-state index contributed by atoms with van der Waals surface area (Å²) in [6.07, 6.45) is 15.6. The number of ether oxygens (including phenoxy) is 1. The van der Waals surface area contributed by atoms with Gasteiger partial charge in [0.05, 0.1) is 31.3 Å². The molecule has 0 amide bonds. The molecule has 4 aliphatic rings. The average Bonchev–Trinajstić information content (AvgIpc) is 3.36. The molecule has 1 N–H and O–H groups in total. The van der Waals surface area contributed by atoms with E-state index in [0.29, 0.717) is 19.3 Å². The van der Waals surface area contributed by atoms with Crippen LogP contribution in [0.5, 0.6) is 0 Å². The van der Waals surface area contributed by atoms with Crippen LogP contribution in [0.1, 0.15) is 44.1 Å². The Morgan fingerprint density at radius 2 is 1.84 bits per heavy atom. The summed E-state index contributed by atoms with van der Waals surface area (Å²) in [5.74, 6) is 1.97. The van der Waals surface area contributed by atoms with Gasteiger partial charge < -0.3 is 19.9 Å². The molecule has 0 bridgehead atoms. The fraction of sp³-hybridized carbons (Fsp3) is 0.571. The van der Waals surface area contributed by atoms with Gasteiger partial charge >= 0.3 is 0 Å². The van der Waals surface area contributed by atoms with Crippen LogP contribution >= 0.6 is 0 Å². The fourth-order valence-corrected chi connectivity index (χ4v) is 5.90. The van der Waals surface area contributed by atoms with Crippen molar-refractivity contribution in [2.45, 2.75) is 50.1 Å². The summed E-state index contributed by atoms with van der Waals surface area (Å²) >= 11 is 0. The first-order valence-electron chi connectivity index (χ1n) is 13.9. The number of aromatic nitrogens is 5. The molecule has 194 valence electrons. The van der Waals surface area contributed by atoms with Crippen LogP contribution in [0.25, 0.3) is 11.3 Å². The van der Waals surface area contributed by atoms with E-state index in [0.717, 1.165) is 60.4 Å². The minimum atomic E-state index is -0.368. The van der Waals surface area contributed by atoms with Crippen LogP contribution in [-0.4, -0.2) is 76.9 Å². The highest BCUT2D eigenvalue weighted by Gasteiger charge is 2.44. The normalized spacial score (nSPS) is 23.3. The molecular weight excluding hydrogens is 464 g/mol. The number of rotatable bonds is 8. The van der Waals surface area contributed by atoms with Crippen molar-refractivity contribution in [3.05, 3.63) is 48.5 Å². The molecule has 6 heterocycles. The lowest BCUT2D eigenvalue weighted by molar-refractivity contribution is -0.0831. The van der Waals surface area contributed by atoms with Crippen LogP contribution in [0.4, 0.5) is 11.5 Å². The number of anilines is 2. The number of hydrogen-bond donors (Lipinski definition) is 1.